The van der Waals surface area contributed by atoms with Gasteiger partial charge in [0.05, 0.1) is 6.61 Å². The number of anilines is 1. The molecule has 0 aromatic heterocycles. The molecule has 0 fully saturated rings. The maximum absolute atomic E-state index is 5.65. The second kappa shape index (κ2) is 6.05. The minimum Gasteiger partial charge on any atom is -0.389 e. The predicted octanol–water partition coefficient (Wildman–Crippen LogP) is 2.14. The second-order valence-electron chi connectivity index (χ2n) is 2.95. The lowest BCUT2D eigenvalue weighted by Gasteiger charge is -2.12. The zero-order chi connectivity index (χ0) is 11.3. The molecule has 0 saturated heterocycles. The maximum Gasteiger partial charge on any atom is 0.107 e. The summed E-state index contributed by atoms with van der Waals surface area (Å²) in [5, 5.41) is 3.21. The average Bonchev–Trinajstić information content (AvgIpc) is 2.17. The van der Waals surface area contributed by atoms with E-state index < -0.39 is 0 Å². The smallest absolute Gasteiger partial charge is 0.107 e. The summed E-state index contributed by atoms with van der Waals surface area (Å²) in [5.41, 5.74) is 7.41. The van der Waals surface area contributed by atoms with Crippen LogP contribution in [0.25, 0.3) is 0 Å². The highest BCUT2D eigenvalue weighted by atomic mass is 79.9. The van der Waals surface area contributed by atoms with E-state index in [1.54, 1.807) is 7.11 Å². The number of hydrogen-bond acceptors (Lipinski definition) is 3. The summed E-state index contributed by atoms with van der Waals surface area (Å²) in [6, 6.07) is 5.78. The van der Waals surface area contributed by atoms with Crippen LogP contribution in [0.5, 0.6) is 0 Å². The van der Waals surface area contributed by atoms with Crippen molar-refractivity contribution in [1.29, 1.82) is 0 Å². The van der Waals surface area contributed by atoms with Crippen molar-refractivity contribution >= 4 is 38.8 Å². The van der Waals surface area contributed by atoms with Crippen LogP contribution in [-0.4, -0.2) is 25.2 Å². The van der Waals surface area contributed by atoms with Gasteiger partial charge in [0.1, 0.15) is 4.99 Å². The molecule has 0 aliphatic carbocycles. The van der Waals surface area contributed by atoms with E-state index in [1.807, 2.05) is 18.2 Å². The van der Waals surface area contributed by atoms with E-state index in [9.17, 15) is 0 Å². The van der Waals surface area contributed by atoms with E-state index >= 15 is 0 Å². The van der Waals surface area contributed by atoms with Gasteiger partial charge in [-0.1, -0.05) is 18.3 Å². The van der Waals surface area contributed by atoms with Gasteiger partial charge in [-0.2, -0.15) is 0 Å². The Hall–Kier alpha value is -0.650. The van der Waals surface area contributed by atoms with Crippen LogP contribution in [0, 0.1) is 0 Å². The first kappa shape index (κ1) is 12.4. The summed E-state index contributed by atoms with van der Waals surface area (Å²) in [6.45, 7) is 1.37. The minimum absolute atomic E-state index is 0.377. The SMILES string of the molecule is COCCNc1cccc(Br)c1C(N)=S. The van der Waals surface area contributed by atoms with E-state index in [4.69, 9.17) is 22.7 Å². The number of benzene rings is 1. The predicted molar refractivity (Wildman–Crippen MR) is 70.4 cm³/mol. The molecule has 0 spiro atoms. The number of nitrogens with two attached hydrogens (primary N) is 1. The number of thiocarbonyl (C=S) groups is 1. The Balaban J connectivity index is 2.86. The summed E-state index contributed by atoms with van der Waals surface area (Å²) in [5.74, 6) is 0. The van der Waals surface area contributed by atoms with Crippen LogP contribution in [0.15, 0.2) is 22.7 Å². The number of ether oxygens (including phenoxy) is 1. The summed E-state index contributed by atoms with van der Waals surface area (Å²) < 4.78 is 5.86. The van der Waals surface area contributed by atoms with E-state index in [1.165, 1.54) is 0 Å². The highest BCUT2D eigenvalue weighted by Crippen LogP contribution is 2.24. The van der Waals surface area contributed by atoms with E-state index in [-0.39, 0.29) is 0 Å². The van der Waals surface area contributed by atoms with Gasteiger partial charge < -0.3 is 15.8 Å². The van der Waals surface area contributed by atoms with Crippen LogP contribution in [0.1, 0.15) is 5.56 Å². The first-order valence-corrected chi connectivity index (χ1v) is 5.68. The molecule has 0 unspecified atom stereocenters. The lowest BCUT2D eigenvalue weighted by atomic mass is 10.2. The van der Waals surface area contributed by atoms with Crippen molar-refractivity contribution in [3.05, 3.63) is 28.2 Å². The minimum atomic E-state index is 0.377. The fraction of sp³-hybridized carbons (Fsp3) is 0.300. The van der Waals surface area contributed by atoms with Crippen LogP contribution in [0.4, 0.5) is 5.69 Å². The summed E-state index contributed by atoms with van der Waals surface area (Å²) >= 11 is 8.41. The van der Waals surface area contributed by atoms with Crippen molar-refractivity contribution in [2.75, 3.05) is 25.6 Å². The van der Waals surface area contributed by atoms with Gasteiger partial charge in [-0.25, -0.2) is 0 Å². The largest absolute Gasteiger partial charge is 0.389 e. The molecule has 0 heterocycles. The van der Waals surface area contributed by atoms with Crippen molar-refractivity contribution in [1.82, 2.24) is 0 Å². The van der Waals surface area contributed by atoms with E-state index in [0.29, 0.717) is 11.6 Å². The molecule has 3 nitrogen and oxygen atoms in total. The van der Waals surface area contributed by atoms with Crippen molar-refractivity contribution in [2.45, 2.75) is 0 Å². The zero-order valence-corrected chi connectivity index (χ0v) is 10.8. The molecule has 0 bridgehead atoms. The van der Waals surface area contributed by atoms with Gasteiger partial charge in [0.15, 0.2) is 0 Å². The topological polar surface area (TPSA) is 47.3 Å². The van der Waals surface area contributed by atoms with Crippen molar-refractivity contribution in [3.63, 3.8) is 0 Å². The Morgan fingerprint density at radius 2 is 2.33 bits per heavy atom. The Bertz CT molecular complexity index is 357. The Labute approximate surface area is 103 Å². The molecule has 0 radical (unpaired) electrons. The molecule has 0 amide bonds. The van der Waals surface area contributed by atoms with Crippen LogP contribution in [0.2, 0.25) is 0 Å². The molecular formula is C10H13BrN2OS. The Morgan fingerprint density at radius 1 is 1.60 bits per heavy atom. The molecule has 0 aliphatic heterocycles. The summed E-state index contributed by atoms with van der Waals surface area (Å²) in [7, 11) is 1.66. The number of hydrogen-bond donors (Lipinski definition) is 2. The molecule has 5 heteroatoms. The average molecular weight is 289 g/mol. The summed E-state index contributed by atoms with van der Waals surface area (Å²) in [6.07, 6.45) is 0. The first-order valence-electron chi connectivity index (χ1n) is 4.48. The highest BCUT2D eigenvalue weighted by molar-refractivity contribution is 9.10. The number of halogens is 1. The van der Waals surface area contributed by atoms with Crippen LogP contribution in [0.3, 0.4) is 0 Å². The molecule has 82 valence electrons. The monoisotopic (exact) mass is 288 g/mol. The van der Waals surface area contributed by atoms with Crippen molar-refractivity contribution in [3.8, 4) is 0 Å². The van der Waals surface area contributed by atoms with Crippen LogP contribution in [-0.2, 0) is 4.74 Å². The molecule has 1 rings (SSSR count). The van der Waals surface area contributed by atoms with Gasteiger partial charge >= 0.3 is 0 Å². The van der Waals surface area contributed by atoms with E-state index in [2.05, 4.69) is 21.2 Å². The van der Waals surface area contributed by atoms with Gasteiger partial charge in [0.25, 0.3) is 0 Å². The number of rotatable bonds is 5. The van der Waals surface area contributed by atoms with Gasteiger partial charge in [0, 0.05) is 29.4 Å². The number of nitrogens with one attached hydrogen (secondary N) is 1. The second-order valence-corrected chi connectivity index (χ2v) is 4.24. The van der Waals surface area contributed by atoms with Gasteiger partial charge in [-0.05, 0) is 28.1 Å². The Kier molecular flexibility index (Phi) is 5.01. The molecule has 0 saturated carbocycles. The standard InChI is InChI=1S/C10H13BrN2OS/c1-14-6-5-13-8-4-2-3-7(11)9(8)10(12)15/h2-4,13H,5-6H2,1H3,(H2,12,15). The fourth-order valence-corrected chi connectivity index (χ4v) is 2.14. The normalized spacial score (nSPS) is 10.0. The molecule has 0 aliphatic rings. The van der Waals surface area contributed by atoms with Crippen LogP contribution < -0.4 is 11.1 Å². The van der Waals surface area contributed by atoms with Crippen molar-refractivity contribution < 1.29 is 4.74 Å². The van der Waals surface area contributed by atoms with Gasteiger partial charge in [-0.15, -0.1) is 0 Å². The fourth-order valence-electron chi connectivity index (χ4n) is 1.21. The Morgan fingerprint density at radius 3 is 2.93 bits per heavy atom. The summed E-state index contributed by atoms with van der Waals surface area (Å²) in [4.78, 5) is 0.377. The lowest BCUT2D eigenvalue weighted by Crippen LogP contribution is -2.16. The molecular weight excluding hydrogens is 276 g/mol. The third-order valence-electron chi connectivity index (χ3n) is 1.88. The quantitative estimate of drug-likeness (QED) is 0.644. The molecule has 1 aromatic carbocycles. The molecule has 3 N–H and O–H groups in total. The third-order valence-corrected chi connectivity index (χ3v) is 2.75. The number of methoxy groups -OCH3 is 1. The van der Waals surface area contributed by atoms with Gasteiger partial charge in [-0.3, -0.25) is 0 Å². The van der Waals surface area contributed by atoms with Gasteiger partial charge in [0.2, 0.25) is 0 Å². The third kappa shape index (κ3) is 3.44. The van der Waals surface area contributed by atoms with Crippen molar-refractivity contribution in [2.24, 2.45) is 5.73 Å². The highest BCUT2D eigenvalue weighted by Gasteiger charge is 2.08. The first-order chi connectivity index (χ1) is 7.16. The van der Waals surface area contributed by atoms with Crippen LogP contribution >= 0.6 is 28.1 Å². The van der Waals surface area contributed by atoms with E-state index in [0.717, 1.165) is 22.3 Å². The maximum atomic E-state index is 5.65. The molecule has 15 heavy (non-hydrogen) atoms. The zero-order valence-electron chi connectivity index (χ0n) is 8.42. The molecule has 1 aromatic rings. The lowest BCUT2D eigenvalue weighted by molar-refractivity contribution is 0.211. The molecule has 0 atom stereocenters.